The fourth-order valence-corrected chi connectivity index (χ4v) is 3.64. The van der Waals surface area contributed by atoms with Crippen molar-refractivity contribution in [2.45, 2.75) is 51.2 Å². The van der Waals surface area contributed by atoms with Gasteiger partial charge in [-0.05, 0) is 31.0 Å². The molecule has 6 nitrogen and oxygen atoms in total. The number of para-hydroxylation sites is 1. The van der Waals surface area contributed by atoms with Gasteiger partial charge in [0.2, 0.25) is 12.9 Å². The number of rotatable bonds is 9. The fourth-order valence-electron chi connectivity index (χ4n) is 3.64. The fraction of sp³-hybridized carbons (Fsp3) is 0.409. The first-order valence-corrected chi connectivity index (χ1v) is 9.59. The first-order chi connectivity index (χ1) is 13.5. The van der Waals surface area contributed by atoms with Crippen molar-refractivity contribution in [3.8, 4) is 17.2 Å². The second-order valence-electron chi connectivity index (χ2n) is 6.98. The normalized spacial score (nSPS) is 14.0. The van der Waals surface area contributed by atoms with Crippen LogP contribution in [-0.4, -0.2) is 23.0 Å². The minimum atomic E-state index is -1.23. The average molecular weight is 386 g/mol. The van der Waals surface area contributed by atoms with Gasteiger partial charge in [0, 0.05) is 11.1 Å². The second kappa shape index (κ2) is 8.52. The number of carboxylic acid groups (broad SMARTS) is 1. The Bertz CT molecular complexity index is 826. The van der Waals surface area contributed by atoms with Crippen LogP contribution in [-0.2, 0) is 10.4 Å². The van der Waals surface area contributed by atoms with Crippen LogP contribution in [0.1, 0.15) is 56.8 Å². The Labute approximate surface area is 164 Å². The summed E-state index contributed by atoms with van der Waals surface area (Å²) in [6.07, 6.45) is 1.51. The van der Waals surface area contributed by atoms with E-state index in [1.165, 1.54) is 0 Å². The van der Waals surface area contributed by atoms with Crippen molar-refractivity contribution in [2.75, 3.05) is 6.79 Å². The molecule has 1 aliphatic heterocycles. The van der Waals surface area contributed by atoms with E-state index in [-0.39, 0.29) is 6.79 Å². The Morgan fingerprint density at radius 3 is 2.46 bits per heavy atom. The molecule has 2 aromatic rings. The molecule has 1 unspecified atom stereocenters. The molecule has 0 radical (unpaired) electrons. The number of carboxylic acids is 1. The SMILES string of the molecule is CCCC(O)(CCC)c1ccccc1OC(C(=O)O)c1ccc2c(c1)OCO2. The van der Waals surface area contributed by atoms with E-state index in [0.717, 1.165) is 12.8 Å². The zero-order chi connectivity index (χ0) is 20.1. The van der Waals surface area contributed by atoms with Gasteiger partial charge in [0.05, 0.1) is 5.60 Å². The third kappa shape index (κ3) is 4.07. The van der Waals surface area contributed by atoms with Crippen LogP contribution >= 0.6 is 0 Å². The molecule has 0 aromatic heterocycles. The lowest BCUT2D eigenvalue weighted by Gasteiger charge is -2.30. The summed E-state index contributed by atoms with van der Waals surface area (Å²) in [7, 11) is 0. The van der Waals surface area contributed by atoms with Gasteiger partial charge in [-0.15, -0.1) is 0 Å². The Morgan fingerprint density at radius 1 is 1.11 bits per heavy atom. The van der Waals surface area contributed by atoms with Crippen LogP contribution in [0.2, 0.25) is 0 Å². The Kier molecular flexibility index (Phi) is 6.09. The molecule has 1 aliphatic rings. The molecule has 0 spiro atoms. The summed E-state index contributed by atoms with van der Waals surface area (Å²) in [5, 5.41) is 21.0. The molecule has 2 aromatic carbocycles. The number of aliphatic hydroxyl groups is 1. The van der Waals surface area contributed by atoms with Crippen LogP contribution in [0.15, 0.2) is 42.5 Å². The molecule has 150 valence electrons. The number of ether oxygens (including phenoxy) is 3. The van der Waals surface area contributed by atoms with E-state index in [1.807, 2.05) is 19.9 Å². The lowest BCUT2D eigenvalue weighted by atomic mass is 9.84. The summed E-state index contributed by atoms with van der Waals surface area (Å²) >= 11 is 0. The van der Waals surface area contributed by atoms with Crippen LogP contribution in [0.25, 0.3) is 0 Å². The highest BCUT2D eigenvalue weighted by Crippen LogP contribution is 2.40. The van der Waals surface area contributed by atoms with Gasteiger partial charge >= 0.3 is 5.97 Å². The molecule has 0 aliphatic carbocycles. The maximum Gasteiger partial charge on any atom is 0.349 e. The molecular formula is C22H26O6. The summed E-state index contributed by atoms with van der Waals surface area (Å²) in [6, 6.07) is 12.1. The van der Waals surface area contributed by atoms with Crippen LogP contribution in [0.4, 0.5) is 0 Å². The summed E-state index contributed by atoms with van der Waals surface area (Å²) in [5.74, 6) is 0.322. The van der Waals surface area contributed by atoms with Crippen LogP contribution in [0, 0.1) is 0 Å². The molecule has 0 bridgehead atoms. The van der Waals surface area contributed by atoms with Crippen molar-refractivity contribution in [2.24, 2.45) is 0 Å². The number of aliphatic carboxylic acids is 1. The number of hydrogen-bond acceptors (Lipinski definition) is 5. The van der Waals surface area contributed by atoms with E-state index < -0.39 is 17.7 Å². The number of hydrogen-bond donors (Lipinski definition) is 2. The molecule has 0 fully saturated rings. The first-order valence-electron chi connectivity index (χ1n) is 9.59. The van der Waals surface area contributed by atoms with Crippen molar-refractivity contribution >= 4 is 5.97 Å². The molecule has 6 heteroatoms. The quantitative estimate of drug-likeness (QED) is 0.664. The number of fused-ring (bicyclic) bond motifs is 1. The van der Waals surface area contributed by atoms with E-state index in [9.17, 15) is 15.0 Å². The molecular weight excluding hydrogens is 360 g/mol. The highest BCUT2D eigenvalue weighted by molar-refractivity contribution is 5.75. The molecule has 1 atom stereocenters. The van der Waals surface area contributed by atoms with Crippen LogP contribution < -0.4 is 14.2 Å². The summed E-state index contributed by atoms with van der Waals surface area (Å²) in [6.45, 7) is 4.13. The van der Waals surface area contributed by atoms with Gasteiger partial charge in [0.15, 0.2) is 11.5 Å². The third-order valence-electron chi connectivity index (χ3n) is 4.88. The largest absolute Gasteiger partial charge is 0.478 e. The van der Waals surface area contributed by atoms with E-state index in [2.05, 4.69) is 0 Å². The molecule has 0 saturated heterocycles. The zero-order valence-electron chi connectivity index (χ0n) is 16.2. The van der Waals surface area contributed by atoms with Gasteiger partial charge in [-0.1, -0.05) is 51.0 Å². The highest BCUT2D eigenvalue weighted by Gasteiger charge is 2.33. The Hall–Kier alpha value is -2.73. The van der Waals surface area contributed by atoms with Gasteiger partial charge in [0.1, 0.15) is 5.75 Å². The summed E-state index contributed by atoms with van der Waals surface area (Å²) < 4.78 is 16.6. The molecule has 3 rings (SSSR count). The van der Waals surface area contributed by atoms with Crippen molar-refractivity contribution in [3.05, 3.63) is 53.6 Å². The maximum atomic E-state index is 12.0. The predicted octanol–water partition coefficient (Wildman–Crippen LogP) is 4.41. The summed E-state index contributed by atoms with van der Waals surface area (Å²) in [5.41, 5.74) is 0.00432. The van der Waals surface area contributed by atoms with Crippen LogP contribution in [0.5, 0.6) is 17.2 Å². The Morgan fingerprint density at radius 2 is 1.79 bits per heavy atom. The molecule has 2 N–H and O–H groups in total. The van der Waals surface area contributed by atoms with Crippen molar-refractivity contribution in [1.82, 2.24) is 0 Å². The van der Waals surface area contributed by atoms with Crippen molar-refractivity contribution in [1.29, 1.82) is 0 Å². The molecule has 28 heavy (non-hydrogen) atoms. The molecule has 1 heterocycles. The van der Waals surface area contributed by atoms with E-state index in [4.69, 9.17) is 14.2 Å². The predicted molar refractivity (Wildman–Crippen MR) is 104 cm³/mol. The highest BCUT2D eigenvalue weighted by atomic mass is 16.7. The van der Waals surface area contributed by atoms with E-state index >= 15 is 0 Å². The average Bonchev–Trinajstić information content (AvgIpc) is 3.14. The lowest BCUT2D eigenvalue weighted by molar-refractivity contribution is -0.145. The molecule has 0 saturated carbocycles. The monoisotopic (exact) mass is 386 g/mol. The van der Waals surface area contributed by atoms with Gasteiger partial charge in [0.25, 0.3) is 0 Å². The smallest absolute Gasteiger partial charge is 0.349 e. The minimum absolute atomic E-state index is 0.112. The Balaban J connectivity index is 1.95. The van der Waals surface area contributed by atoms with Crippen molar-refractivity contribution in [3.63, 3.8) is 0 Å². The van der Waals surface area contributed by atoms with Gasteiger partial charge in [-0.2, -0.15) is 0 Å². The topological polar surface area (TPSA) is 85.2 Å². The van der Waals surface area contributed by atoms with Crippen molar-refractivity contribution < 1.29 is 29.2 Å². The lowest BCUT2D eigenvalue weighted by Crippen LogP contribution is -2.27. The third-order valence-corrected chi connectivity index (χ3v) is 4.88. The first kappa shape index (κ1) is 20.0. The van der Waals surface area contributed by atoms with Gasteiger partial charge in [-0.25, -0.2) is 4.79 Å². The van der Waals surface area contributed by atoms with E-state index in [1.54, 1.807) is 36.4 Å². The second-order valence-corrected chi connectivity index (χ2v) is 6.98. The number of benzene rings is 2. The van der Waals surface area contributed by atoms with Gasteiger partial charge in [-0.3, -0.25) is 0 Å². The van der Waals surface area contributed by atoms with Crippen LogP contribution in [0.3, 0.4) is 0 Å². The zero-order valence-corrected chi connectivity index (χ0v) is 16.2. The summed E-state index contributed by atoms with van der Waals surface area (Å²) in [4.78, 5) is 12.0. The standard InChI is InChI=1S/C22H26O6/c1-3-11-22(25,12-4-2)16-7-5-6-8-17(16)28-20(21(23)24)15-9-10-18-19(13-15)27-14-26-18/h5-10,13,20,25H,3-4,11-12,14H2,1-2H3,(H,23,24). The minimum Gasteiger partial charge on any atom is -0.478 e. The molecule has 0 amide bonds. The van der Waals surface area contributed by atoms with Gasteiger partial charge < -0.3 is 24.4 Å². The number of carbonyl (C=O) groups is 1. The van der Waals surface area contributed by atoms with E-state index in [0.29, 0.717) is 41.2 Å². The maximum absolute atomic E-state index is 12.0.